The lowest BCUT2D eigenvalue weighted by Gasteiger charge is -2.11. The van der Waals surface area contributed by atoms with E-state index in [1.165, 1.54) is 24.9 Å². The quantitative estimate of drug-likeness (QED) is 0.665. The summed E-state index contributed by atoms with van der Waals surface area (Å²) < 4.78 is 5.24. The zero-order valence-electron chi connectivity index (χ0n) is 15.2. The number of carbonyl (C=O) groups excluding carboxylic acids is 1. The SMILES string of the molecule is COc1ccc(Cl)cc1NC(=O)c1ccnc(Nc2ccc(C)c(C)c2)n1. The number of carbonyl (C=O) groups is 1. The molecule has 0 saturated heterocycles. The molecule has 1 amide bonds. The average Bonchev–Trinajstić information content (AvgIpc) is 2.65. The van der Waals surface area contributed by atoms with Gasteiger partial charge in [-0.15, -0.1) is 0 Å². The summed E-state index contributed by atoms with van der Waals surface area (Å²) in [5.74, 6) is 0.459. The summed E-state index contributed by atoms with van der Waals surface area (Å²) in [6.07, 6.45) is 1.53. The van der Waals surface area contributed by atoms with Crippen molar-refractivity contribution < 1.29 is 9.53 Å². The summed E-state index contributed by atoms with van der Waals surface area (Å²) in [5, 5.41) is 6.37. The second-order valence-corrected chi connectivity index (χ2v) is 6.42. The lowest BCUT2D eigenvalue weighted by Crippen LogP contribution is -2.15. The van der Waals surface area contributed by atoms with Crippen molar-refractivity contribution in [3.8, 4) is 5.75 Å². The number of methoxy groups -OCH3 is 1. The second-order valence-electron chi connectivity index (χ2n) is 5.99. The van der Waals surface area contributed by atoms with Crippen LogP contribution >= 0.6 is 11.6 Å². The van der Waals surface area contributed by atoms with Crippen LogP contribution in [0.5, 0.6) is 5.75 Å². The van der Waals surface area contributed by atoms with Gasteiger partial charge < -0.3 is 15.4 Å². The topological polar surface area (TPSA) is 76.1 Å². The van der Waals surface area contributed by atoms with Gasteiger partial charge in [0.1, 0.15) is 11.4 Å². The Bertz CT molecular complexity index is 991. The van der Waals surface area contributed by atoms with Crippen molar-refractivity contribution in [1.82, 2.24) is 9.97 Å². The summed E-state index contributed by atoms with van der Waals surface area (Å²) >= 11 is 6.00. The number of ether oxygens (including phenoxy) is 1. The number of amides is 1. The van der Waals surface area contributed by atoms with E-state index in [1.807, 2.05) is 32.0 Å². The summed E-state index contributed by atoms with van der Waals surface area (Å²) in [5.41, 5.74) is 3.90. The smallest absolute Gasteiger partial charge is 0.274 e. The normalized spacial score (nSPS) is 10.4. The first-order valence-corrected chi connectivity index (χ1v) is 8.66. The lowest BCUT2D eigenvalue weighted by molar-refractivity contribution is 0.102. The van der Waals surface area contributed by atoms with Crippen LogP contribution in [-0.2, 0) is 0 Å². The molecule has 3 rings (SSSR count). The minimum absolute atomic E-state index is 0.221. The Morgan fingerprint density at radius 3 is 2.63 bits per heavy atom. The maximum atomic E-state index is 12.6. The van der Waals surface area contributed by atoms with Crippen LogP contribution in [0.15, 0.2) is 48.7 Å². The van der Waals surface area contributed by atoms with Gasteiger partial charge in [0.2, 0.25) is 5.95 Å². The number of nitrogens with one attached hydrogen (secondary N) is 2. The standard InChI is InChI=1S/C20H19ClN4O2/c1-12-4-6-15(10-13(12)2)23-20-22-9-8-16(25-20)19(26)24-17-11-14(21)5-7-18(17)27-3/h4-11H,1-3H3,(H,24,26)(H,22,23,25). The first-order valence-electron chi connectivity index (χ1n) is 8.28. The molecular formula is C20H19ClN4O2. The van der Waals surface area contributed by atoms with Crippen LogP contribution in [0.3, 0.4) is 0 Å². The van der Waals surface area contributed by atoms with Gasteiger partial charge >= 0.3 is 0 Å². The molecule has 0 spiro atoms. The highest BCUT2D eigenvalue weighted by atomic mass is 35.5. The van der Waals surface area contributed by atoms with Gasteiger partial charge in [0.25, 0.3) is 5.91 Å². The maximum Gasteiger partial charge on any atom is 0.274 e. The number of hydrogen-bond acceptors (Lipinski definition) is 5. The number of aromatic nitrogens is 2. The zero-order chi connectivity index (χ0) is 19.4. The molecule has 0 fully saturated rings. The molecule has 7 heteroatoms. The molecule has 2 N–H and O–H groups in total. The van der Waals surface area contributed by atoms with Gasteiger partial charge in [0.05, 0.1) is 12.8 Å². The summed E-state index contributed by atoms with van der Waals surface area (Å²) in [6.45, 7) is 4.08. The molecule has 27 heavy (non-hydrogen) atoms. The highest BCUT2D eigenvalue weighted by molar-refractivity contribution is 6.31. The maximum absolute atomic E-state index is 12.6. The predicted molar refractivity (Wildman–Crippen MR) is 107 cm³/mol. The van der Waals surface area contributed by atoms with Gasteiger partial charge in [0.15, 0.2) is 0 Å². The molecule has 138 valence electrons. The van der Waals surface area contributed by atoms with E-state index in [0.717, 1.165) is 11.3 Å². The van der Waals surface area contributed by atoms with E-state index in [1.54, 1.807) is 18.2 Å². The third kappa shape index (κ3) is 4.54. The lowest BCUT2D eigenvalue weighted by atomic mass is 10.1. The van der Waals surface area contributed by atoms with E-state index >= 15 is 0 Å². The van der Waals surface area contributed by atoms with E-state index in [4.69, 9.17) is 16.3 Å². The summed E-state index contributed by atoms with van der Waals surface area (Å²) in [6, 6.07) is 12.5. The summed E-state index contributed by atoms with van der Waals surface area (Å²) in [4.78, 5) is 21.0. The number of aryl methyl sites for hydroxylation is 2. The van der Waals surface area contributed by atoms with Crippen LogP contribution in [0.25, 0.3) is 0 Å². The van der Waals surface area contributed by atoms with Crippen molar-refractivity contribution in [3.63, 3.8) is 0 Å². The number of hydrogen-bond donors (Lipinski definition) is 2. The van der Waals surface area contributed by atoms with Gasteiger partial charge in [-0.25, -0.2) is 9.97 Å². The molecule has 0 aliphatic rings. The van der Waals surface area contributed by atoms with E-state index in [0.29, 0.717) is 22.4 Å². The second kappa shape index (κ2) is 8.05. The minimum atomic E-state index is -0.388. The van der Waals surface area contributed by atoms with Crippen LogP contribution in [0.2, 0.25) is 5.02 Å². The van der Waals surface area contributed by atoms with Crippen molar-refractivity contribution in [2.75, 3.05) is 17.7 Å². The number of halogens is 1. The Morgan fingerprint density at radius 1 is 1.07 bits per heavy atom. The molecule has 0 saturated carbocycles. The van der Waals surface area contributed by atoms with Crippen molar-refractivity contribution in [2.24, 2.45) is 0 Å². The van der Waals surface area contributed by atoms with Crippen molar-refractivity contribution in [1.29, 1.82) is 0 Å². The Labute approximate surface area is 162 Å². The molecule has 0 bridgehead atoms. The molecule has 1 aromatic heterocycles. The molecular weight excluding hydrogens is 364 g/mol. The van der Waals surface area contributed by atoms with Crippen molar-refractivity contribution in [3.05, 3.63) is 70.5 Å². The van der Waals surface area contributed by atoms with E-state index in [9.17, 15) is 4.79 Å². The Balaban J connectivity index is 1.79. The summed E-state index contributed by atoms with van der Waals surface area (Å²) in [7, 11) is 1.52. The average molecular weight is 383 g/mol. The van der Waals surface area contributed by atoms with Crippen LogP contribution in [0.1, 0.15) is 21.6 Å². The molecule has 0 atom stereocenters. The third-order valence-electron chi connectivity index (χ3n) is 4.06. The fourth-order valence-corrected chi connectivity index (χ4v) is 2.63. The van der Waals surface area contributed by atoms with Gasteiger partial charge in [0, 0.05) is 16.9 Å². The molecule has 2 aromatic carbocycles. The number of benzene rings is 2. The molecule has 0 unspecified atom stereocenters. The van der Waals surface area contributed by atoms with Crippen LogP contribution < -0.4 is 15.4 Å². The van der Waals surface area contributed by atoms with Gasteiger partial charge in [-0.05, 0) is 61.4 Å². The highest BCUT2D eigenvalue weighted by Gasteiger charge is 2.13. The van der Waals surface area contributed by atoms with E-state index in [-0.39, 0.29) is 11.6 Å². The molecule has 0 aliphatic heterocycles. The molecule has 1 heterocycles. The molecule has 0 radical (unpaired) electrons. The van der Waals surface area contributed by atoms with Gasteiger partial charge in [-0.3, -0.25) is 4.79 Å². The van der Waals surface area contributed by atoms with Crippen molar-refractivity contribution in [2.45, 2.75) is 13.8 Å². The fourth-order valence-electron chi connectivity index (χ4n) is 2.46. The van der Waals surface area contributed by atoms with E-state index in [2.05, 4.69) is 20.6 Å². The Kier molecular flexibility index (Phi) is 5.57. The zero-order valence-corrected chi connectivity index (χ0v) is 16.0. The third-order valence-corrected chi connectivity index (χ3v) is 4.30. The minimum Gasteiger partial charge on any atom is -0.495 e. The first kappa shape index (κ1) is 18.7. The van der Waals surface area contributed by atoms with Crippen LogP contribution in [-0.4, -0.2) is 23.0 Å². The van der Waals surface area contributed by atoms with Crippen molar-refractivity contribution >= 4 is 34.8 Å². The first-order chi connectivity index (χ1) is 13.0. The molecule has 3 aromatic rings. The number of anilines is 3. The van der Waals surface area contributed by atoms with Gasteiger partial charge in [-0.2, -0.15) is 0 Å². The fraction of sp³-hybridized carbons (Fsp3) is 0.150. The van der Waals surface area contributed by atoms with Crippen LogP contribution in [0.4, 0.5) is 17.3 Å². The molecule has 6 nitrogen and oxygen atoms in total. The predicted octanol–water partition coefficient (Wildman–Crippen LogP) is 4.75. The van der Waals surface area contributed by atoms with Gasteiger partial charge in [-0.1, -0.05) is 17.7 Å². The monoisotopic (exact) mass is 382 g/mol. The van der Waals surface area contributed by atoms with Crippen LogP contribution in [0, 0.1) is 13.8 Å². The molecule has 0 aliphatic carbocycles. The highest BCUT2D eigenvalue weighted by Crippen LogP contribution is 2.28. The van der Waals surface area contributed by atoms with E-state index < -0.39 is 0 Å². The Hall–Kier alpha value is -3.12. The Morgan fingerprint density at radius 2 is 1.89 bits per heavy atom. The largest absolute Gasteiger partial charge is 0.495 e. The number of nitrogens with zero attached hydrogens (tertiary/aromatic N) is 2. The number of rotatable bonds is 5.